The predicted molar refractivity (Wildman–Crippen MR) is 87.5 cm³/mol. The molecule has 0 nitrogen and oxygen atoms in total. The lowest BCUT2D eigenvalue weighted by molar-refractivity contribution is 0.572. The van der Waals surface area contributed by atoms with Crippen LogP contribution in [0.25, 0.3) is 0 Å². The van der Waals surface area contributed by atoms with Crippen LogP contribution in [0.3, 0.4) is 0 Å². The van der Waals surface area contributed by atoms with Crippen molar-refractivity contribution >= 4 is 0 Å². The summed E-state index contributed by atoms with van der Waals surface area (Å²) in [7, 11) is 0. The van der Waals surface area contributed by atoms with Gasteiger partial charge in [0.1, 0.15) is 0 Å². The van der Waals surface area contributed by atoms with Crippen molar-refractivity contribution in [3.05, 3.63) is 70.9 Å². The molecule has 0 N–H and O–H groups in total. The molecule has 0 bridgehead atoms. The van der Waals surface area contributed by atoms with Crippen molar-refractivity contribution in [1.82, 2.24) is 0 Å². The van der Waals surface area contributed by atoms with Crippen LogP contribution in [-0.2, 0) is 0 Å². The molecule has 1 unspecified atom stereocenters. The van der Waals surface area contributed by atoms with E-state index in [4.69, 9.17) is 0 Å². The van der Waals surface area contributed by atoms with Gasteiger partial charge in [-0.3, -0.25) is 0 Å². The van der Waals surface area contributed by atoms with Crippen LogP contribution in [0.4, 0.5) is 0 Å². The van der Waals surface area contributed by atoms with E-state index in [2.05, 4.69) is 50.0 Å². The van der Waals surface area contributed by atoms with Crippen LogP contribution in [0, 0.1) is 5.92 Å². The first-order valence-electron chi connectivity index (χ1n) is 7.96. The summed E-state index contributed by atoms with van der Waals surface area (Å²) in [6.07, 6.45) is 21.3. The summed E-state index contributed by atoms with van der Waals surface area (Å²) in [6, 6.07) is 0. The van der Waals surface area contributed by atoms with Crippen molar-refractivity contribution in [3.63, 3.8) is 0 Å². The van der Waals surface area contributed by atoms with Crippen LogP contribution in [0.2, 0.25) is 0 Å². The SMILES string of the molecule is C=CC1=C(/C=C\C)C2=C3C(=C\CCC/C=C\2)/CCCC13. The minimum absolute atomic E-state index is 0.594. The van der Waals surface area contributed by atoms with E-state index in [0.717, 1.165) is 0 Å². The summed E-state index contributed by atoms with van der Waals surface area (Å²) in [5, 5.41) is 0. The molecule has 0 spiro atoms. The Labute approximate surface area is 123 Å². The molecule has 104 valence electrons. The lowest BCUT2D eigenvalue weighted by Gasteiger charge is -2.26. The third-order valence-corrected chi connectivity index (χ3v) is 4.70. The van der Waals surface area contributed by atoms with Gasteiger partial charge >= 0.3 is 0 Å². The number of hydrogen-bond donors (Lipinski definition) is 0. The normalized spacial score (nSPS) is 30.4. The topological polar surface area (TPSA) is 0 Å². The highest BCUT2D eigenvalue weighted by molar-refractivity contribution is 5.66. The van der Waals surface area contributed by atoms with Crippen LogP contribution in [0.1, 0.15) is 45.4 Å². The molecule has 0 aliphatic heterocycles. The van der Waals surface area contributed by atoms with Crippen molar-refractivity contribution in [2.45, 2.75) is 45.4 Å². The van der Waals surface area contributed by atoms with E-state index in [9.17, 15) is 0 Å². The van der Waals surface area contributed by atoms with Gasteiger partial charge in [-0.2, -0.15) is 0 Å². The van der Waals surface area contributed by atoms with Crippen LogP contribution in [0.5, 0.6) is 0 Å². The Kier molecular flexibility index (Phi) is 3.91. The zero-order valence-electron chi connectivity index (χ0n) is 12.5. The highest BCUT2D eigenvalue weighted by atomic mass is 14.4. The van der Waals surface area contributed by atoms with E-state index in [1.807, 2.05) is 0 Å². The van der Waals surface area contributed by atoms with E-state index in [1.54, 1.807) is 11.1 Å². The van der Waals surface area contributed by atoms with E-state index < -0.39 is 0 Å². The summed E-state index contributed by atoms with van der Waals surface area (Å²) < 4.78 is 0. The van der Waals surface area contributed by atoms with Gasteiger partial charge in [0.2, 0.25) is 0 Å². The Bertz CT molecular complexity index is 561. The zero-order chi connectivity index (χ0) is 13.9. The predicted octanol–water partition coefficient (Wildman–Crippen LogP) is 5.82. The van der Waals surface area contributed by atoms with Gasteiger partial charge in [-0.1, -0.05) is 43.0 Å². The summed E-state index contributed by atoms with van der Waals surface area (Å²) in [5.41, 5.74) is 7.55. The molecule has 3 rings (SSSR count). The second-order valence-electron chi connectivity index (χ2n) is 5.91. The maximum Gasteiger partial charge on any atom is 0.0104 e. The van der Waals surface area contributed by atoms with Crippen LogP contribution in [-0.4, -0.2) is 0 Å². The van der Waals surface area contributed by atoms with E-state index in [0.29, 0.717) is 5.92 Å². The molecule has 1 fully saturated rings. The minimum atomic E-state index is 0.594. The van der Waals surface area contributed by atoms with Gasteiger partial charge < -0.3 is 0 Å². The van der Waals surface area contributed by atoms with Crippen LogP contribution < -0.4 is 0 Å². The van der Waals surface area contributed by atoms with Crippen molar-refractivity contribution < 1.29 is 0 Å². The third-order valence-electron chi connectivity index (χ3n) is 4.70. The Balaban J connectivity index is 2.19. The molecule has 3 aliphatic carbocycles. The molecule has 0 amide bonds. The lowest BCUT2D eigenvalue weighted by atomic mass is 9.78. The van der Waals surface area contributed by atoms with Crippen LogP contribution in [0.15, 0.2) is 70.9 Å². The molecular weight excluding hydrogens is 240 g/mol. The average molecular weight is 264 g/mol. The highest BCUT2D eigenvalue weighted by Crippen LogP contribution is 2.49. The van der Waals surface area contributed by atoms with Gasteiger partial charge in [0, 0.05) is 5.92 Å². The maximum absolute atomic E-state index is 4.08. The molecule has 20 heavy (non-hydrogen) atoms. The van der Waals surface area contributed by atoms with Gasteiger partial charge in [-0.05, 0) is 73.3 Å². The molecule has 0 heterocycles. The van der Waals surface area contributed by atoms with Crippen molar-refractivity contribution in [1.29, 1.82) is 0 Å². The average Bonchev–Trinajstić information content (AvgIpc) is 2.81. The van der Waals surface area contributed by atoms with Crippen molar-refractivity contribution in [2.24, 2.45) is 5.92 Å². The summed E-state index contributed by atoms with van der Waals surface area (Å²) in [4.78, 5) is 0. The fourth-order valence-corrected chi connectivity index (χ4v) is 3.87. The Morgan fingerprint density at radius 3 is 2.95 bits per heavy atom. The Hall–Kier alpha value is -1.56. The molecule has 0 saturated heterocycles. The van der Waals surface area contributed by atoms with Gasteiger partial charge in [0.25, 0.3) is 0 Å². The van der Waals surface area contributed by atoms with Crippen LogP contribution >= 0.6 is 0 Å². The standard InChI is InChI=1S/C20H24/c1-3-10-17-16(4-2)18-14-9-12-15-11-7-5-6-8-13-19(17)20(15)18/h3-4,8,10-11,13,18H,2,5-7,9,12,14H2,1H3/b10-3-,13-8-,15-11-. The van der Waals surface area contributed by atoms with Crippen molar-refractivity contribution in [2.75, 3.05) is 0 Å². The smallest absolute Gasteiger partial charge is 0.0104 e. The van der Waals surface area contributed by atoms with E-state index in [1.165, 1.54) is 55.2 Å². The fraction of sp³-hybridized carbons (Fsp3) is 0.400. The highest BCUT2D eigenvalue weighted by Gasteiger charge is 2.34. The third kappa shape index (κ3) is 2.18. The molecule has 1 atom stereocenters. The molecule has 0 aromatic carbocycles. The minimum Gasteiger partial charge on any atom is -0.0987 e. The number of allylic oxidation sites excluding steroid dienone is 11. The maximum atomic E-state index is 4.08. The second kappa shape index (κ2) is 5.83. The molecule has 0 aromatic rings. The number of rotatable bonds is 2. The first kappa shape index (κ1) is 13.4. The van der Waals surface area contributed by atoms with Crippen molar-refractivity contribution in [3.8, 4) is 0 Å². The molecule has 0 aromatic heterocycles. The van der Waals surface area contributed by atoms with E-state index in [-0.39, 0.29) is 0 Å². The quantitative estimate of drug-likeness (QED) is 0.589. The summed E-state index contributed by atoms with van der Waals surface area (Å²) >= 11 is 0. The molecule has 1 saturated carbocycles. The Morgan fingerprint density at radius 2 is 2.15 bits per heavy atom. The first-order chi connectivity index (χ1) is 9.86. The molecule has 0 radical (unpaired) electrons. The summed E-state index contributed by atoms with van der Waals surface area (Å²) in [5.74, 6) is 0.594. The zero-order valence-corrected chi connectivity index (χ0v) is 12.5. The molecule has 3 aliphatic rings. The lowest BCUT2D eigenvalue weighted by Crippen LogP contribution is -2.11. The second-order valence-corrected chi connectivity index (χ2v) is 5.91. The molecule has 0 heteroatoms. The summed E-state index contributed by atoms with van der Waals surface area (Å²) in [6.45, 7) is 6.19. The monoisotopic (exact) mass is 264 g/mol. The van der Waals surface area contributed by atoms with Gasteiger partial charge in [0.05, 0.1) is 0 Å². The van der Waals surface area contributed by atoms with Gasteiger partial charge in [0.15, 0.2) is 0 Å². The largest absolute Gasteiger partial charge is 0.0987 e. The van der Waals surface area contributed by atoms with Gasteiger partial charge in [-0.15, -0.1) is 0 Å². The fourth-order valence-electron chi connectivity index (χ4n) is 3.87. The van der Waals surface area contributed by atoms with Gasteiger partial charge in [-0.25, -0.2) is 0 Å². The first-order valence-corrected chi connectivity index (χ1v) is 7.96. The number of hydrogen-bond acceptors (Lipinski definition) is 0. The van der Waals surface area contributed by atoms with E-state index >= 15 is 0 Å². The Morgan fingerprint density at radius 1 is 1.25 bits per heavy atom. The molecular formula is C20H24.